The molecule has 2 aliphatic rings. The van der Waals surface area contributed by atoms with Crippen LogP contribution in [0.4, 0.5) is 0 Å². The fourth-order valence-corrected chi connectivity index (χ4v) is 8.85. The summed E-state index contributed by atoms with van der Waals surface area (Å²) in [5.74, 6) is 0. The van der Waals surface area contributed by atoms with Crippen LogP contribution in [0, 0.1) is 0 Å². The molecule has 0 unspecified atom stereocenters. The number of furan rings is 1. The van der Waals surface area contributed by atoms with Gasteiger partial charge in [-0.05, 0) is 78.4 Å². The van der Waals surface area contributed by atoms with Gasteiger partial charge < -0.3 is 13.4 Å². The number of nitrogens with zero attached hydrogens (tertiary/aromatic N) is 2. The van der Waals surface area contributed by atoms with Gasteiger partial charge in [-0.2, -0.15) is 0 Å². The van der Waals surface area contributed by atoms with Crippen LogP contribution in [-0.4, -0.2) is 8.97 Å². The summed E-state index contributed by atoms with van der Waals surface area (Å²) in [5, 5.41) is 10.00. The number of benzene rings is 5. The van der Waals surface area contributed by atoms with Crippen molar-refractivity contribution in [1.29, 1.82) is 0 Å². The largest absolute Gasteiger partial charge is 0.456 e. The molecular formula is C45H30N2O. The molecule has 0 fully saturated rings. The van der Waals surface area contributed by atoms with E-state index >= 15 is 0 Å². The smallest absolute Gasteiger partial charge is 0.137 e. The first-order chi connectivity index (χ1) is 23.8. The Kier molecular flexibility index (Phi) is 5.15. The molecule has 11 rings (SSSR count). The molecule has 0 amide bonds. The second kappa shape index (κ2) is 9.49. The maximum Gasteiger partial charge on any atom is 0.137 e. The van der Waals surface area contributed by atoms with Gasteiger partial charge in [0.15, 0.2) is 0 Å². The van der Waals surface area contributed by atoms with Crippen molar-refractivity contribution in [2.45, 2.75) is 19.3 Å². The van der Waals surface area contributed by atoms with Crippen molar-refractivity contribution >= 4 is 83.8 Å². The van der Waals surface area contributed by atoms with E-state index in [1.807, 2.05) is 6.08 Å². The van der Waals surface area contributed by atoms with Gasteiger partial charge in [-0.1, -0.05) is 91.5 Å². The van der Waals surface area contributed by atoms with Crippen molar-refractivity contribution in [1.82, 2.24) is 8.97 Å². The summed E-state index contributed by atoms with van der Waals surface area (Å²) in [6, 6.07) is 35.5. The summed E-state index contributed by atoms with van der Waals surface area (Å²) in [6.07, 6.45) is 16.3. The molecule has 4 heterocycles. The van der Waals surface area contributed by atoms with Crippen LogP contribution in [-0.2, 0) is 6.42 Å². The topological polar surface area (TPSA) is 22.5 Å². The third-order valence-corrected chi connectivity index (χ3v) is 10.7. The molecule has 9 aromatic rings. The van der Waals surface area contributed by atoms with Crippen LogP contribution < -0.4 is 10.6 Å². The van der Waals surface area contributed by atoms with Crippen molar-refractivity contribution in [3.05, 3.63) is 155 Å². The normalized spacial score (nSPS) is 16.0. The fraction of sp³-hybridized carbons (Fsp3) is 0.0667. The van der Waals surface area contributed by atoms with Crippen LogP contribution in [0.15, 0.2) is 126 Å². The van der Waals surface area contributed by atoms with Crippen LogP contribution in [0.2, 0.25) is 0 Å². The maximum atomic E-state index is 6.56. The number of hydrogen-bond donors (Lipinski definition) is 0. The van der Waals surface area contributed by atoms with Crippen molar-refractivity contribution in [3.8, 4) is 5.69 Å². The lowest BCUT2D eigenvalue weighted by molar-refractivity contribution is 0.668. The molecule has 5 aromatic carbocycles. The van der Waals surface area contributed by atoms with Crippen LogP contribution in [0.5, 0.6) is 0 Å². The predicted octanol–water partition coefficient (Wildman–Crippen LogP) is 10.1. The second-order valence-corrected chi connectivity index (χ2v) is 13.1. The highest BCUT2D eigenvalue weighted by Gasteiger charge is 2.25. The standard InChI is InChI=1S/C45H30N2O/c1-2-11-38-43(35-18-9-16-31-30-14-5-7-19-36(30)47(38)45(31)35)34-17-10-21-39-42(34)32-15-6-8-20-37(32)46(39)28-23-24-33-41(26-28)48-40-25-22-27-12-3-4-13-29(27)44(33)40/h2,4-11,13-16,18-26H,1,3,12,17H2/b38-11+,43-34+. The lowest BCUT2D eigenvalue weighted by Gasteiger charge is -2.15. The number of hydrogen-bond acceptors (Lipinski definition) is 1. The van der Waals surface area contributed by atoms with Crippen LogP contribution in [0.25, 0.3) is 89.5 Å². The van der Waals surface area contributed by atoms with E-state index in [4.69, 9.17) is 4.42 Å². The Hall–Kier alpha value is -6.06. The molecule has 3 nitrogen and oxygen atoms in total. The number of aryl methyl sites for hydroxylation is 1. The molecule has 0 N–H and O–H groups in total. The molecular weight excluding hydrogens is 585 g/mol. The first-order valence-corrected chi connectivity index (χ1v) is 16.8. The van der Waals surface area contributed by atoms with Crippen LogP contribution in [0.1, 0.15) is 35.2 Å². The quantitative estimate of drug-likeness (QED) is 0.190. The van der Waals surface area contributed by atoms with Gasteiger partial charge in [0.1, 0.15) is 11.2 Å². The predicted molar refractivity (Wildman–Crippen MR) is 202 cm³/mol. The number of fused-ring (bicyclic) bond motifs is 11. The third-order valence-electron chi connectivity index (χ3n) is 10.7. The Morgan fingerprint density at radius 2 is 1.54 bits per heavy atom. The zero-order valence-corrected chi connectivity index (χ0v) is 26.3. The van der Waals surface area contributed by atoms with Gasteiger partial charge in [0.05, 0.1) is 27.6 Å². The summed E-state index contributed by atoms with van der Waals surface area (Å²) in [7, 11) is 0. The van der Waals surface area contributed by atoms with E-state index < -0.39 is 0 Å². The van der Waals surface area contributed by atoms with Gasteiger partial charge >= 0.3 is 0 Å². The first-order valence-electron chi connectivity index (χ1n) is 16.8. The third kappa shape index (κ3) is 3.28. The Morgan fingerprint density at radius 3 is 2.46 bits per heavy atom. The minimum Gasteiger partial charge on any atom is -0.456 e. The van der Waals surface area contributed by atoms with E-state index in [0.29, 0.717) is 0 Å². The van der Waals surface area contributed by atoms with Crippen LogP contribution in [0.3, 0.4) is 0 Å². The molecule has 226 valence electrons. The van der Waals surface area contributed by atoms with Gasteiger partial charge in [-0.3, -0.25) is 0 Å². The molecule has 3 heteroatoms. The molecule has 48 heavy (non-hydrogen) atoms. The molecule has 0 bridgehead atoms. The van der Waals surface area contributed by atoms with E-state index in [2.05, 4.69) is 143 Å². The molecule has 0 atom stereocenters. The minimum absolute atomic E-state index is 0.852. The Morgan fingerprint density at radius 1 is 0.708 bits per heavy atom. The van der Waals surface area contributed by atoms with E-state index in [9.17, 15) is 0 Å². The Balaban J connectivity index is 1.24. The average Bonchev–Trinajstić information content (AvgIpc) is 3.87. The van der Waals surface area contributed by atoms with Gasteiger partial charge in [0.2, 0.25) is 0 Å². The summed E-state index contributed by atoms with van der Waals surface area (Å²) in [4.78, 5) is 0. The van der Waals surface area contributed by atoms with Crippen LogP contribution >= 0.6 is 0 Å². The first kappa shape index (κ1) is 26.1. The molecule has 4 aromatic heterocycles. The van der Waals surface area contributed by atoms with Crippen molar-refractivity contribution < 1.29 is 4.42 Å². The number of allylic oxidation sites excluding steroid dienone is 3. The molecule has 0 radical (unpaired) electrons. The molecule has 0 saturated carbocycles. The highest BCUT2D eigenvalue weighted by molar-refractivity contribution is 6.15. The van der Waals surface area contributed by atoms with Crippen molar-refractivity contribution in [2.75, 3.05) is 0 Å². The summed E-state index contributed by atoms with van der Waals surface area (Å²) < 4.78 is 11.4. The Labute approximate surface area is 276 Å². The highest BCUT2D eigenvalue weighted by Crippen LogP contribution is 2.41. The van der Waals surface area contributed by atoms with E-state index in [-0.39, 0.29) is 0 Å². The Bertz CT molecular complexity index is 3050. The van der Waals surface area contributed by atoms with Gasteiger partial charge in [-0.25, -0.2) is 0 Å². The zero-order valence-electron chi connectivity index (χ0n) is 26.3. The lowest BCUT2D eigenvalue weighted by Crippen LogP contribution is -2.29. The number of aromatic nitrogens is 2. The van der Waals surface area contributed by atoms with Crippen molar-refractivity contribution in [3.63, 3.8) is 0 Å². The highest BCUT2D eigenvalue weighted by atomic mass is 16.3. The number of rotatable bonds is 2. The molecule has 2 aliphatic carbocycles. The van der Waals surface area contributed by atoms with E-state index in [1.54, 1.807) is 0 Å². The molecule has 0 saturated heterocycles. The number of para-hydroxylation sites is 3. The fourth-order valence-electron chi connectivity index (χ4n) is 8.85. The summed E-state index contributed by atoms with van der Waals surface area (Å²) in [6.45, 7) is 4.15. The van der Waals surface area contributed by atoms with E-state index in [0.717, 1.165) is 36.1 Å². The summed E-state index contributed by atoms with van der Waals surface area (Å²) in [5.41, 5.74) is 13.2. The minimum atomic E-state index is 0.852. The monoisotopic (exact) mass is 614 g/mol. The van der Waals surface area contributed by atoms with Gasteiger partial charge in [0, 0.05) is 54.9 Å². The summed E-state index contributed by atoms with van der Waals surface area (Å²) >= 11 is 0. The van der Waals surface area contributed by atoms with E-state index in [1.165, 1.54) is 87.4 Å². The zero-order chi connectivity index (χ0) is 31.5. The van der Waals surface area contributed by atoms with Gasteiger partial charge in [0.25, 0.3) is 0 Å². The van der Waals surface area contributed by atoms with Crippen molar-refractivity contribution in [2.24, 2.45) is 0 Å². The lowest BCUT2D eigenvalue weighted by atomic mass is 9.92. The molecule has 0 spiro atoms. The molecule has 0 aliphatic heterocycles. The SMILES string of the molecule is C=C/C=c1\c(=C2/CC=Cc3c2c2ccccc2n3-c2ccc3c(c2)oc2ccc4c(c23)C=CCC4)c2cccc3c4ccccc4n1c23. The maximum absolute atomic E-state index is 6.56. The average molecular weight is 615 g/mol. The van der Waals surface area contributed by atoms with Gasteiger partial charge in [-0.15, -0.1) is 0 Å². The second-order valence-electron chi connectivity index (χ2n) is 13.1.